The number of ether oxygens (including phenoxy) is 4. The molecule has 0 spiro atoms. The topological polar surface area (TPSA) is 105 Å². The van der Waals surface area contributed by atoms with Gasteiger partial charge < -0.3 is 18.9 Å². The van der Waals surface area contributed by atoms with Gasteiger partial charge in [0.15, 0.2) is 0 Å². The number of hydrogen-bond donors (Lipinski definition) is 0. The highest BCUT2D eigenvalue weighted by molar-refractivity contribution is 5.85. The maximum Gasteiger partial charge on any atom is 0.331 e. The van der Waals surface area contributed by atoms with Crippen LogP contribution in [-0.4, -0.2) is 50.3 Å². The second-order valence-corrected chi connectivity index (χ2v) is 14.7. The van der Waals surface area contributed by atoms with Crippen LogP contribution in [0.15, 0.2) is 23.8 Å². The maximum atomic E-state index is 11.9. The van der Waals surface area contributed by atoms with Gasteiger partial charge in [-0.05, 0) is 74.7 Å². The van der Waals surface area contributed by atoms with Gasteiger partial charge in [0.25, 0.3) is 0 Å². The molecule has 0 aliphatic rings. The highest BCUT2D eigenvalue weighted by atomic mass is 16.5. The molecule has 0 radical (unpaired) electrons. The van der Waals surface area contributed by atoms with Crippen molar-refractivity contribution in [2.45, 2.75) is 191 Å². The van der Waals surface area contributed by atoms with Crippen LogP contribution < -0.4 is 0 Å². The van der Waals surface area contributed by atoms with E-state index in [0.29, 0.717) is 81.4 Å². The average molecular weight is 751 g/mol. The van der Waals surface area contributed by atoms with E-state index < -0.39 is 0 Å². The standard InChI is InChI=1S/C23H40O4.C22H42O4/c1-6-10-12-20(8-3)17-26-22(24)15-14-19(5)16-23(25)27-18-21(9-4)13-11-7-2;1-5-9-13-19(7-3)17-25-21(23)15-11-12-16-22(24)26-18-20(8-4)14-10-6-2/h14-16,20-21H,6-13,17-18H2,1-5H3;19-20H,5-18H2,1-4H3/b15-14+,19-16+;. The summed E-state index contributed by atoms with van der Waals surface area (Å²) in [6.07, 6.45) is 24.5. The lowest BCUT2D eigenvalue weighted by molar-refractivity contribution is -0.147. The first-order valence-electron chi connectivity index (χ1n) is 21.5. The molecular weight excluding hydrogens is 668 g/mol. The Morgan fingerprint density at radius 2 is 0.755 bits per heavy atom. The van der Waals surface area contributed by atoms with Crippen LogP contribution in [0.4, 0.5) is 0 Å². The summed E-state index contributed by atoms with van der Waals surface area (Å²) >= 11 is 0. The number of carbonyl (C=O) groups is 4. The molecule has 0 aromatic carbocycles. The van der Waals surface area contributed by atoms with Gasteiger partial charge in [0, 0.05) is 25.0 Å². The van der Waals surface area contributed by atoms with E-state index in [0.717, 1.165) is 77.0 Å². The molecule has 0 N–H and O–H groups in total. The van der Waals surface area contributed by atoms with Crippen molar-refractivity contribution in [1.29, 1.82) is 0 Å². The number of carbonyl (C=O) groups excluding carboxylic acids is 4. The van der Waals surface area contributed by atoms with Crippen LogP contribution in [0.2, 0.25) is 0 Å². The minimum absolute atomic E-state index is 0.140. The van der Waals surface area contributed by atoms with E-state index in [2.05, 4.69) is 55.4 Å². The third-order valence-corrected chi connectivity index (χ3v) is 9.90. The SMILES string of the molecule is CCCCC(CC)COC(=O)/C=C/C(C)=C/C(=O)OCC(CC)CCCC.CCCCC(CC)COC(=O)CCCCC(=O)OCC(CC)CCCC. The average Bonchev–Trinajstić information content (AvgIpc) is 3.16. The Labute approximate surface area is 326 Å². The van der Waals surface area contributed by atoms with Gasteiger partial charge in [0.2, 0.25) is 0 Å². The zero-order valence-electron chi connectivity index (χ0n) is 35.8. The smallest absolute Gasteiger partial charge is 0.331 e. The molecule has 0 bridgehead atoms. The van der Waals surface area contributed by atoms with Crippen LogP contribution in [0.1, 0.15) is 191 Å². The van der Waals surface area contributed by atoms with E-state index in [1.54, 1.807) is 13.0 Å². The van der Waals surface area contributed by atoms with Crippen LogP contribution in [0, 0.1) is 23.7 Å². The summed E-state index contributed by atoms with van der Waals surface area (Å²) in [5.74, 6) is 0.808. The van der Waals surface area contributed by atoms with Crippen molar-refractivity contribution < 1.29 is 38.1 Å². The normalized spacial score (nSPS) is 13.7. The fourth-order valence-electron chi connectivity index (χ4n) is 5.62. The molecule has 0 saturated carbocycles. The molecule has 4 atom stereocenters. The molecule has 310 valence electrons. The third kappa shape index (κ3) is 33.6. The van der Waals surface area contributed by atoms with Crippen molar-refractivity contribution in [3.05, 3.63) is 23.8 Å². The van der Waals surface area contributed by atoms with E-state index in [1.807, 2.05) is 0 Å². The summed E-state index contributed by atoms with van der Waals surface area (Å²) in [6, 6.07) is 0. The lowest BCUT2D eigenvalue weighted by atomic mass is 10.0. The zero-order valence-corrected chi connectivity index (χ0v) is 35.8. The zero-order chi connectivity index (χ0) is 40.1. The van der Waals surface area contributed by atoms with Gasteiger partial charge in [-0.2, -0.15) is 0 Å². The monoisotopic (exact) mass is 751 g/mol. The molecule has 0 aromatic heterocycles. The van der Waals surface area contributed by atoms with Crippen molar-refractivity contribution >= 4 is 23.9 Å². The molecule has 0 aromatic rings. The largest absolute Gasteiger partial charge is 0.465 e. The van der Waals surface area contributed by atoms with Crippen molar-refractivity contribution in [3.63, 3.8) is 0 Å². The Balaban J connectivity index is 0. The Kier molecular flexibility index (Phi) is 37.3. The fraction of sp³-hybridized carbons (Fsp3) is 0.822. The molecule has 4 unspecified atom stereocenters. The molecule has 0 aliphatic heterocycles. The summed E-state index contributed by atoms with van der Waals surface area (Å²) in [5.41, 5.74) is 0.677. The summed E-state index contributed by atoms with van der Waals surface area (Å²) in [7, 11) is 0. The van der Waals surface area contributed by atoms with Gasteiger partial charge in [-0.15, -0.1) is 0 Å². The number of rotatable bonds is 32. The second-order valence-electron chi connectivity index (χ2n) is 14.7. The van der Waals surface area contributed by atoms with Crippen molar-refractivity contribution in [2.75, 3.05) is 26.4 Å². The van der Waals surface area contributed by atoms with E-state index in [-0.39, 0.29) is 23.9 Å². The molecule has 0 heterocycles. The Morgan fingerprint density at radius 3 is 1.08 bits per heavy atom. The molecule has 0 rings (SSSR count). The van der Waals surface area contributed by atoms with E-state index >= 15 is 0 Å². The molecule has 8 nitrogen and oxygen atoms in total. The van der Waals surface area contributed by atoms with Crippen LogP contribution >= 0.6 is 0 Å². The van der Waals surface area contributed by atoms with Gasteiger partial charge >= 0.3 is 23.9 Å². The first kappa shape index (κ1) is 52.5. The maximum absolute atomic E-state index is 11.9. The Bertz CT molecular complexity index is 938. The predicted molar refractivity (Wildman–Crippen MR) is 218 cm³/mol. The van der Waals surface area contributed by atoms with E-state index in [1.165, 1.54) is 37.8 Å². The summed E-state index contributed by atoms with van der Waals surface area (Å²) < 4.78 is 21.4. The van der Waals surface area contributed by atoms with Gasteiger partial charge in [0.1, 0.15) is 0 Å². The third-order valence-electron chi connectivity index (χ3n) is 9.90. The van der Waals surface area contributed by atoms with E-state index in [4.69, 9.17) is 18.9 Å². The highest BCUT2D eigenvalue weighted by Crippen LogP contribution is 2.16. The van der Waals surface area contributed by atoms with E-state index in [9.17, 15) is 19.2 Å². The summed E-state index contributed by atoms with van der Waals surface area (Å²) in [4.78, 5) is 47.3. The molecule has 0 amide bonds. The number of esters is 4. The number of allylic oxidation sites excluding steroid dienone is 2. The second kappa shape index (κ2) is 37.7. The van der Waals surface area contributed by atoms with Gasteiger partial charge in [-0.25, -0.2) is 9.59 Å². The van der Waals surface area contributed by atoms with Gasteiger partial charge in [-0.3, -0.25) is 9.59 Å². The minimum Gasteiger partial charge on any atom is -0.465 e. The highest BCUT2D eigenvalue weighted by Gasteiger charge is 2.13. The van der Waals surface area contributed by atoms with Crippen LogP contribution in [0.3, 0.4) is 0 Å². The Hall–Kier alpha value is -2.64. The predicted octanol–water partition coefficient (Wildman–Crippen LogP) is 12.1. The number of hydrogen-bond acceptors (Lipinski definition) is 8. The number of unbranched alkanes of at least 4 members (excludes halogenated alkanes) is 5. The molecule has 8 heteroatoms. The van der Waals surface area contributed by atoms with Crippen LogP contribution in [-0.2, 0) is 38.1 Å². The van der Waals surface area contributed by atoms with Crippen molar-refractivity contribution in [2.24, 2.45) is 23.7 Å². The minimum atomic E-state index is -0.364. The van der Waals surface area contributed by atoms with Crippen LogP contribution in [0.5, 0.6) is 0 Å². The lowest BCUT2D eigenvalue weighted by Crippen LogP contribution is -2.15. The first-order chi connectivity index (χ1) is 25.5. The van der Waals surface area contributed by atoms with Gasteiger partial charge in [-0.1, -0.05) is 139 Å². The molecule has 0 saturated heterocycles. The molecule has 0 aliphatic carbocycles. The van der Waals surface area contributed by atoms with Gasteiger partial charge in [0.05, 0.1) is 26.4 Å². The van der Waals surface area contributed by atoms with Crippen LogP contribution in [0.25, 0.3) is 0 Å². The molecule has 53 heavy (non-hydrogen) atoms. The van der Waals surface area contributed by atoms with Crippen molar-refractivity contribution in [1.82, 2.24) is 0 Å². The molecule has 0 fully saturated rings. The quantitative estimate of drug-likeness (QED) is 0.0220. The first-order valence-corrected chi connectivity index (χ1v) is 21.5. The summed E-state index contributed by atoms with van der Waals surface area (Å²) in [5, 5.41) is 0. The lowest BCUT2D eigenvalue weighted by Gasteiger charge is -2.15. The Morgan fingerprint density at radius 1 is 0.434 bits per heavy atom. The summed E-state index contributed by atoms with van der Waals surface area (Å²) in [6.45, 7) is 21.0. The van der Waals surface area contributed by atoms with Crippen molar-refractivity contribution in [3.8, 4) is 0 Å². The molecular formula is C45H82O8. The fourth-order valence-corrected chi connectivity index (χ4v) is 5.62.